The number of pyridine rings is 1. The molecule has 1 aromatic carbocycles. The zero-order chi connectivity index (χ0) is 24.2. The third-order valence-corrected chi connectivity index (χ3v) is 7.36. The topological polar surface area (TPSA) is 114 Å². The van der Waals surface area contributed by atoms with Crippen LogP contribution in [-0.2, 0) is 9.53 Å². The zero-order valence-corrected chi connectivity index (χ0v) is 20.4. The molecular formula is C25H29N5O4S. The Kier molecular flexibility index (Phi) is 7.10. The first kappa shape index (κ1) is 23.5. The van der Waals surface area contributed by atoms with Crippen LogP contribution in [0.4, 0.5) is 5.13 Å². The molecule has 2 aromatic heterocycles. The Morgan fingerprint density at radius 1 is 1.06 bits per heavy atom. The van der Waals surface area contributed by atoms with E-state index in [-0.39, 0.29) is 24.0 Å². The first-order valence-corrected chi connectivity index (χ1v) is 12.8. The van der Waals surface area contributed by atoms with E-state index in [4.69, 9.17) is 14.5 Å². The van der Waals surface area contributed by atoms with Gasteiger partial charge < -0.3 is 25.4 Å². The monoisotopic (exact) mass is 495 g/mol. The molecule has 1 atom stereocenters. The largest absolute Gasteiger partial charge is 0.457 e. The summed E-state index contributed by atoms with van der Waals surface area (Å²) in [6.45, 7) is 0.687. The van der Waals surface area contributed by atoms with Crippen molar-refractivity contribution in [2.45, 2.75) is 56.7 Å². The summed E-state index contributed by atoms with van der Waals surface area (Å²) in [6, 6.07) is 9.64. The van der Waals surface area contributed by atoms with Crippen LogP contribution in [0.25, 0.3) is 10.2 Å². The van der Waals surface area contributed by atoms with Gasteiger partial charge in [0.05, 0.1) is 10.2 Å². The lowest BCUT2D eigenvalue weighted by Crippen LogP contribution is -2.44. The molecule has 184 valence electrons. The van der Waals surface area contributed by atoms with Gasteiger partial charge in [-0.15, -0.1) is 0 Å². The van der Waals surface area contributed by atoms with E-state index in [2.05, 4.69) is 20.9 Å². The second-order valence-electron chi connectivity index (χ2n) is 8.91. The molecule has 2 fully saturated rings. The lowest BCUT2D eigenvalue weighted by Gasteiger charge is -2.30. The summed E-state index contributed by atoms with van der Waals surface area (Å²) >= 11 is 1.59. The maximum absolute atomic E-state index is 12.3. The average Bonchev–Trinajstić information content (AvgIpc) is 3.55. The van der Waals surface area contributed by atoms with Crippen molar-refractivity contribution in [1.29, 1.82) is 0 Å². The standard InChI is InChI=1S/C25H29N5O4S/c1-26-23(31)20-13-18(10-11-27-20)34-17-8-9-19-22(14-17)35-25(30-19)29-16-6-4-15(5-7-16)28-24(32)21-3-2-12-33-21/h8-11,13-16,21H,2-7,12H2,1H3,(H,26,31)(H,28,32)(H,29,30)/t15-,16+,21-/m0/s1. The number of carbonyl (C=O) groups excluding carboxylic acids is 2. The predicted octanol–water partition coefficient (Wildman–Crippen LogP) is 3.86. The predicted molar refractivity (Wildman–Crippen MR) is 134 cm³/mol. The summed E-state index contributed by atoms with van der Waals surface area (Å²) < 4.78 is 12.5. The van der Waals surface area contributed by atoms with Gasteiger partial charge >= 0.3 is 0 Å². The van der Waals surface area contributed by atoms with Crippen molar-refractivity contribution in [3.63, 3.8) is 0 Å². The quantitative estimate of drug-likeness (QED) is 0.456. The molecule has 10 heteroatoms. The van der Waals surface area contributed by atoms with Crippen LogP contribution in [0.1, 0.15) is 49.0 Å². The third-order valence-electron chi connectivity index (χ3n) is 6.41. The number of amides is 2. The minimum atomic E-state index is -0.265. The highest BCUT2D eigenvalue weighted by Gasteiger charge is 2.28. The van der Waals surface area contributed by atoms with Crippen LogP contribution in [0, 0.1) is 0 Å². The summed E-state index contributed by atoms with van der Waals surface area (Å²) in [5, 5.41) is 10.2. The number of ether oxygens (including phenoxy) is 2. The van der Waals surface area contributed by atoms with Crippen molar-refractivity contribution >= 4 is 38.5 Å². The fraction of sp³-hybridized carbons (Fsp3) is 0.440. The number of nitrogens with zero attached hydrogens (tertiary/aromatic N) is 2. The molecule has 0 spiro atoms. The van der Waals surface area contributed by atoms with E-state index < -0.39 is 0 Å². The Hall–Kier alpha value is -3.24. The van der Waals surface area contributed by atoms with Crippen LogP contribution in [0.2, 0.25) is 0 Å². The Morgan fingerprint density at radius 2 is 1.86 bits per heavy atom. The van der Waals surface area contributed by atoms with Gasteiger partial charge in [-0.3, -0.25) is 14.6 Å². The van der Waals surface area contributed by atoms with Gasteiger partial charge in [-0.05, 0) is 56.7 Å². The van der Waals surface area contributed by atoms with Crippen molar-refractivity contribution in [1.82, 2.24) is 20.6 Å². The van der Waals surface area contributed by atoms with E-state index in [1.54, 1.807) is 36.7 Å². The Morgan fingerprint density at radius 3 is 2.63 bits per heavy atom. The molecule has 3 heterocycles. The number of carbonyl (C=O) groups is 2. The maximum atomic E-state index is 12.3. The lowest BCUT2D eigenvalue weighted by atomic mass is 9.91. The first-order chi connectivity index (χ1) is 17.1. The average molecular weight is 496 g/mol. The van der Waals surface area contributed by atoms with E-state index in [1.807, 2.05) is 18.2 Å². The van der Waals surface area contributed by atoms with Gasteiger partial charge in [0, 0.05) is 44.1 Å². The van der Waals surface area contributed by atoms with Crippen molar-refractivity contribution in [3.05, 3.63) is 42.2 Å². The highest BCUT2D eigenvalue weighted by Crippen LogP contribution is 2.33. The molecule has 2 aliphatic rings. The van der Waals surface area contributed by atoms with Crippen molar-refractivity contribution in [2.75, 3.05) is 19.0 Å². The van der Waals surface area contributed by atoms with Gasteiger partial charge in [-0.1, -0.05) is 11.3 Å². The van der Waals surface area contributed by atoms with Gasteiger partial charge in [0.1, 0.15) is 23.3 Å². The van der Waals surface area contributed by atoms with Gasteiger partial charge in [-0.25, -0.2) is 4.98 Å². The number of anilines is 1. The molecule has 1 aliphatic carbocycles. The fourth-order valence-corrected chi connectivity index (χ4v) is 5.50. The maximum Gasteiger partial charge on any atom is 0.269 e. The minimum Gasteiger partial charge on any atom is -0.457 e. The molecular weight excluding hydrogens is 466 g/mol. The van der Waals surface area contributed by atoms with Crippen LogP contribution in [-0.4, -0.2) is 53.6 Å². The van der Waals surface area contributed by atoms with E-state index in [9.17, 15) is 9.59 Å². The number of nitrogens with one attached hydrogen (secondary N) is 3. The van der Waals surface area contributed by atoms with Crippen molar-refractivity contribution < 1.29 is 19.1 Å². The molecule has 0 radical (unpaired) electrons. The van der Waals surface area contributed by atoms with Crippen molar-refractivity contribution in [3.8, 4) is 11.5 Å². The summed E-state index contributed by atoms with van der Waals surface area (Å²) in [5.74, 6) is 0.997. The number of aromatic nitrogens is 2. The lowest BCUT2D eigenvalue weighted by molar-refractivity contribution is -0.131. The first-order valence-electron chi connectivity index (χ1n) is 12.0. The normalized spacial score (nSPS) is 22.0. The molecule has 2 amide bonds. The number of rotatable bonds is 7. The number of benzene rings is 1. The van der Waals surface area contributed by atoms with Crippen LogP contribution >= 0.6 is 11.3 Å². The van der Waals surface area contributed by atoms with Crippen LogP contribution < -0.4 is 20.7 Å². The molecule has 0 bridgehead atoms. The Bertz CT molecular complexity index is 1200. The highest BCUT2D eigenvalue weighted by molar-refractivity contribution is 7.22. The molecule has 0 unspecified atom stereocenters. The van der Waals surface area contributed by atoms with Gasteiger partial charge in [0.2, 0.25) is 5.91 Å². The van der Waals surface area contributed by atoms with Gasteiger partial charge in [0.25, 0.3) is 5.91 Å². The molecule has 1 aliphatic heterocycles. The third kappa shape index (κ3) is 5.71. The SMILES string of the molecule is CNC(=O)c1cc(Oc2ccc3nc(N[C@H]4CC[C@@H](NC(=O)[C@@H]5CCCO5)CC4)sc3c2)ccn1. The van der Waals surface area contributed by atoms with Crippen LogP contribution in [0.3, 0.4) is 0 Å². The highest BCUT2D eigenvalue weighted by atomic mass is 32.1. The molecule has 3 N–H and O–H groups in total. The van der Waals surface area contributed by atoms with E-state index in [0.717, 1.165) is 53.9 Å². The van der Waals surface area contributed by atoms with E-state index in [1.165, 1.54) is 0 Å². The molecule has 1 saturated heterocycles. The molecule has 5 rings (SSSR count). The van der Waals surface area contributed by atoms with Crippen LogP contribution in [0.15, 0.2) is 36.5 Å². The smallest absolute Gasteiger partial charge is 0.269 e. The number of thiazole rings is 1. The van der Waals surface area contributed by atoms with Gasteiger partial charge in [-0.2, -0.15) is 0 Å². The fourth-order valence-electron chi connectivity index (χ4n) is 4.53. The van der Waals surface area contributed by atoms with Gasteiger partial charge in [0.15, 0.2) is 5.13 Å². The molecule has 35 heavy (non-hydrogen) atoms. The van der Waals surface area contributed by atoms with E-state index in [0.29, 0.717) is 29.8 Å². The number of hydrogen-bond donors (Lipinski definition) is 3. The minimum absolute atomic E-state index is 0.0414. The molecule has 3 aromatic rings. The Balaban J connectivity index is 1.16. The van der Waals surface area contributed by atoms with Crippen LogP contribution in [0.5, 0.6) is 11.5 Å². The molecule has 9 nitrogen and oxygen atoms in total. The summed E-state index contributed by atoms with van der Waals surface area (Å²) in [5.41, 5.74) is 1.21. The Labute approximate surface area is 207 Å². The zero-order valence-electron chi connectivity index (χ0n) is 19.6. The summed E-state index contributed by atoms with van der Waals surface area (Å²) in [4.78, 5) is 32.9. The number of fused-ring (bicyclic) bond motifs is 1. The number of hydrogen-bond acceptors (Lipinski definition) is 8. The second-order valence-corrected chi connectivity index (χ2v) is 9.94. The van der Waals surface area contributed by atoms with Crippen molar-refractivity contribution in [2.24, 2.45) is 0 Å². The second kappa shape index (κ2) is 10.6. The summed E-state index contributed by atoms with van der Waals surface area (Å²) in [7, 11) is 1.57. The molecule has 1 saturated carbocycles. The van der Waals surface area contributed by atoms with E-state index >= 15 is 0 Å². The summed E-state index contributed by atoms with van der Waals surface area (Å²) in [6.07, 6.45) is 6.94.